The summed E-state index contributed by atoms with van der Waals surface area (Å²) in [4.78, 5) is 39.8. The number of anilines is 1. The molecule has 170 valence electrons. The zero-order valence-corrected chi connectivity index (χ0v) is 17.8. The molecule has 3 aliphatic heterocycles. The first-order valence-electron chi connectivity index (χ1n) is 10.9. The van der Waals surface area contributed by atoms with Crippen LogP contribution in [0, 0.1) is 10.1 Å². The number of nitrogens with one attached hydrogen (secondary N) is 2. The van der Waals surface area contributed by atoms with E-state index in [-0.39, 0.29) is 24.2 Å². The van der Waals surface area contributed by atoms with Gasteiger partial charge in [0.1, 0.15) is 6.04 Å². The predicted molar refractivity (Wildman–Crippen MR) is 117 cm³/mol. The van der Waals surface area contributed by atoms with E-state index in [1.54, 1.807) is 28.2 Å². The van der Waals surface area contributed by atoms with E-state index >= 15 is 0 Å². The summed E-state index contributed by atoms with van der Waals surface area (Å²) in [5, 5.41) is 17.3. The topological polar surface area (TPSA) is 121 Å². The van der Waals surface area contributed by atoms with Crippen molar-refractivity contribution in [2.24, 2.45) is 0 Å². The van der Waals surface area contributed by atoms with Gasteiger partial charge in [0.05, 0.1) is 24.0 Å². The van der Waals surface area contributed by atoms with Crippen molar-refractivity contribution in [3.8, 4) is 11.1 Å². The minimum Gasteiger partial charge on any atom is -0.472 e. The quantitative estimate of drug-likeness (QED) is 0.500. The molecule has 2 N–H and O–H groups in total. The van der Waals surface area contributed by atoms with Crippen molar-refractivity contribution < 1.29 is 18.9 Å². The van der Waals surface area contributed by atoms with Gasteiger partial charge in [0, 0.05) is 36.4 Å². The van der Waals surface area contributed by atoms with Gasteiger partial charge < -0.3 is 24.9 Å². The highest BCUT2D eigenvalue weighted by Crippen LogP contribution is 2.32. The van der Waals surface area contributed by atoms with Crippen LogP contribution in [0.2, 0.25) is 0 Å². The maximum absolute atomic E-state index is 13.2. The van der Waals surface area contributed by atoms with Crippen LogP contribution in [-0.4, -0.2) is 58.8 Å². The van der Waals surface area contributed by atoms with E-state index in [1.165, 1.54) is 6.26 Å². The van der Waals surface area contributed by atoms with Crippen LogP contribution in [0.1, 0.15) is 32.1 Å². The van der Waals surface area contributed by atoms with Gasteiger partial charge in [-0.25, -0.2) is 0 Å². The van der Waals surface area contributed by atoms with Gasteiger partial charge in [0.2, 0.25) is 11.8 Å². The fourth-order valence-corrected chi connectivity index (χ4v) is 4.30. The van der Waals surface area contributed by atoms with E-state index in [0.29, 0.717) is 18.7 Å². The Morgan fingerprint density at radius 2 is 1.97 bits per heavy atom. The standard InChI is InChI=1S/C22H27N5O5/c28-21(25-9-3-4-10-25)14-26-11-2-1-5-19(22(26)29)24-20(13-27(30)31)23-18-7-6-16-15-32-12-8-17(16)18/h6-8,12-13,15,19,23-24H,1-5,9-11,14H2/t19-/m0/s1. The minimum absolute atomic E-state index is 0.0376. The summed E-state index contributed by atoms with van der Waals surface area (Å²) in [5.74, 6) is -0.129. The molecule has 2 fully saturated rings. The summed E-state index contributed by atoms with van der Waals surface area (Å²) >= 11 is 0. The molecule has 0 unspecified atom stereocenters. The Morgan fingerprint density at radius 1 is 1.19 bits per heavy atom. The van der Waals surface area contributed by atoms with E-state index in [9.17, 15) is 19.7 Å². The summed E-state index contributed by atoms with van der Waals surface area (Å²) < 4.78 is 5.16. The van der Waals surface area contributed by atoms with E-state index in [1.807, 2.05) is 6.07 Å². The number of hydrogen-bond donors (Lipinski definition) is 2. The molecule has 0 aromatic heterocycles. The number of carbonyl (C=O) groups excluding carboxylic acids is 2. The first kappa shape index (κ1) is 21.7. The second kappa shape index (κ2) is 9.71. The van der Waals surface area contributed by atoms with Gasteiger partial charge in [-0.05, 0) is 50.3 Å². The smallest absolute Gasteiger partial charge is 0.274 e. The lowest BCUT2D eigenvalue weighted by molar-refractivity contribution is -0.403. The van der Waals surface area contributed by atoms with Crippen molar-refractivity contribution in [2.45, 2.75) is 38.1 Å². The lowest BCUT2D eigenvalue weighted by atomic mass is 10.1. The van der Waals surface area contributed by atoms with Crippen LogP contribution >= 0.6 is 0 Å². The lowest BCUT2D eigenvalue weighted by Crippen LogP contribution is -2.49. The summed E-state index contributed by atoms with van der Waals surface area (Å²) in [6.45, 7) is 2.04. The van der Waals surface area contributed by atoms with Gasteiger partial charge in [0.25, 0.3) is 6.20 Å². The third-order valence-electron chi connectivity index (χ3n) is 5.94. The predicted octanol–water partition coefficient (Wildman–Crippen LogP) is 2.47. The van der Waals surface area contributed by atoms with Gasteiger partial charge in [-0.15, -0.1) is 0 Å². The number of nitrogens with zero attached hydrogens (tertiary/aromatic N) is 3. The van der Waals surface area contributed by atoms with Crippen LogP contribution in [0.4, 0.5) is 5.69 Å². The Morgan fingerprint density at radius 3 is 2.75 bits per heavy atom. The molecule has 0 bridgehead atoms. The molecular weight excluding hydrogens is 414 g/mol. The van der Waals surface area contributed by atoms with E-state index in [2.05, 4.69) is 10.6 Å². The van der Waals surface area contributed by atoms with E-state index in [4.69, 9.17) is 4.42 Å². The van der Waals surface area contributed by atoms with Crippen molar-refractivity contribution in [3.05, 3.63) is 52.9 Å². The van der Waals surface area contributed by atoms with Gasteiger partial charge in [-0.3, -0.25) is 19.7 Å². The molecule has 0 spiro atoms. The highest BCUT2D eigenvalue weighted by molar-refractivity contribution is 5.88. The van der Waals surface area contributed by atoms with Crippen molar-refractivity contribution in [3.63, 3.8) is 0 Å². The van der Waals surface area contributed by atoms with Crippen LogP contribution in [-0.2, 0) is 9.59 Å². The molecule has 4 aliphatic rings. The number of hydrogen-bond acceptors (Lipinski definition) is 7. The first-order valence-corrected chi connectivity index (χ1v) is 10.9. The summed E-state index contributed by atoms with van der Waals surface area (Å²) in [6.07, 6.45) is 8.04. The van der Waals surface area contributed by atoms with E-state index < -0.39 is 11.0 Å². The molecule has 4 rings (SSSR count). The van der Waals surface area contributed by atoms with Crippen molar-refractivity contribution in [1.82, 2.24) is 15.1 Å². The molecule has 0 saturated carbocycles. The van der Waals surface area contributed by atoms with Crippen LogP contribution in [0.3, 0.4) is 0 Å². The number of likely N-dealkylation sites (tertiary alicyclic amines) is 2. The van der Waals surface area contributed by atoms with Crippen molar-refractivity contribution in [1.29, 1.82) is 0 Å². The highest BCUT2D eigenvalue weighted by atomic mass is 16.6. The van der Waals surface area contributed by atoms with Crippen LogP contribution in [0.25, 0.3) is 11.1 Å². The maximum atomic E-state index is 13.2. The average Bonchev–Trinajstić information content (AvgIpc) is 3.41. The number of amides is 2. The Bertz CT molecular complexity index is 981. The number of carbonyl (C=O) groups is 2. The third kappa shape index (κ3) is 5.01. The molecule has 0 aromatic rings. The summed E-state index contributed by atoms with van der Waals surface area (Å²) in [6, 6.07) is 4.75. The Labute approximate surface area is 185 Å². The van der Waals surface area contributed by atoms with Crippen LogP contribution < -0.4 is 10.6 Å². The molecule has 32 heavy (non-hydrogen) atoms. The van der Waals surface area contributed by atoms with E-state index in [0.717, 1.165) is 56.1 Å². The molecule has 10 nitrogen and oxygen atoms in total. The number of nitro groups is 1. The molecule has 1 aliphatic carbocycles. The Balaban J connectivity index is 1.47. The highest BCUT2D eigenvalue weighted by Gasteiger charge is 2.31. The maximum Gasteiger partial charge on any atom is 0.274 e. The molecule has 0 radical (unpaired) electrons. The zero-order valence-electron chi connectivity index (χ0n) is 17.8. The Hall–Kier alpha value is -3.56. The lowest BCUT2D eigenvalue weighted by Gasteiger charge is -2.27. The van der Waals surface area contributed by atoms with Gasteiger partial charge in [-0.2, -0.15) is 0 Å². The fraction of sp³-hybridized carbons (Fsp3) is 0.455. The molecule has 2 amide bonds. The summed E-state index contributed by atoms with van der Waals surface area (Å²) in [5.41, 5.74) is 2.36. The van der Waals surface area contributed by atoms with Crippen LogP contribution in [0.5, 0.6) is 0 Å². The SMILES string of the molecule is O=C(CN1CCCC[C@H](NC(=C[N+](=O)[O-])Nc2ccc3coccc2-3)C1=O)N1CCCC1. The molecule has 1 atom stereocenters. The average molecular weight is 441 g/mol. The zero-order chi connectivity index (χ0) is 22.5. The van der Waals surface area contributed by atoms with Crippen LogP contribution in [0.15, 0.2) is 47.2 Å². The molecule has 2 saturated heterocycles. The monoisotopic (exact) mass is 441 g/mol. The molecule has 0 aromatic carbocycles. The first-order chi connectivity index (χ1) is 15.5. The van der Waals surface area contributed by atoms with Crippen molar-refractivity contribution in [2.75, 3.05) is 31.5 Å². The minimum atomic E-state index is -0.654. The molecular formula is C22H27N5O5. The number of fused-ring (bicyclic) bond motifs is 1. The van der Waals surface area contributed by atoms with Gasteiger partial charge in [-0.1, -0.05) is 0 Å². The normalized spacial score (nSPS) is 19.8. The number of rotatable bonds is 7. The second-order valence-corrected chi connectivity index (χ2v) is 8.17. The second-order valence-electron chi connectivity index (χ2n) is 8.17. The summed E-state index contributed by atoms with van der Waals surface area (Å²) in [7, 11) is 0. The third-order valence-corrected chi connectivity index (χ3v) is 5.94. The largest absolute Gasteiger partial charge is 0.472 e. The van der Waals surface area contributed by atoms with Gasteiger partial charge >= 0.3 is 0 Å². The molecule has 3 heterocycles. The van der Waals surface area contributed by atoms with Crippen molar-refractivity contribution >= 4 is 17.5 Å². The molecule has 10 heteroatoms. The fourth-order valence-electron chi connectivity index (χ4n) is 4.30. The van der Waals surface area contributed by atoms with Gasteiger partial charge in [0.15, 0.2) is 5.82 Å². The Kier molecular flexibility index (Phi) is 6.58.